The number of carbonyl (C=O) groups is 1. The number of rotatable bonds is 1. The van der Waals surface area contributed by atoms with Gasteiger partial charge in [-0.2, -0.15) is 0 Å². The monoisotopic (exact) mass is 257 g/mol. The van der Waals surface area contributed by atoms with Crippen molar-refractivity contribution in [1.82, 2.24) is 4.98 Å². The smallest absolute Gasteiger partial charge is 0.131 e. The van der Waals surface area contributed by atoms with Crippen LogP contribution in [-0.4, -0.2) is 11.3 Å². The Morgan fingerprint density at radius 3 is 2.89 bits per heavy atom. The Bertz CT molecular complexity index is 609. The molecule has 0 amide bonds. The van der Waals surface area contributed by atoms with E-state index in [1.807, 2.05) is 18.2 Å². The predicted molar refractivity (Wildman–Crippen MR) is 71.0 cm³/mol. The van der Waals surface area contributed by atoms with Gasteiger partial charge in [0.05, 0.1) is 5.92 Å². The Kier molecular flexibility index (Phi) is 2.88. The zero-order valence-corrected chi connectivity index (χ0v) is 10.5. The van der Waals surface area contributed by atoms with Gasteiger partial charge in [-0.05, 0) is 47.2 Å². The first-order valence-corrected chi connectivity index (χ1v) is 6.34. The molecule has 0 saturated carbocycles. The van der Waals surface area contributed by atoms with E-state index in [-0.39, 0.29) is 5.92 Å². The van der Waals surface area contributed by atoms with Crippen LogP contribution >= 0.6 is 11.6 Å². The average molecular weight is 258 g/mol. The van der Waals surface area contributed by atoms with Crippen LogP contribution in [0.4, 0.5) is 0 Å². The maximum Gasteiger partial charge on any atom is 0.131 e. The van der Waals surface area contributed by atoms with Gasteiger partial charge < -0.3 is 4.79 Å². The number of aromatic nitrogens is 1. The molecule has 0 fully saturated rings. The summed E-state index contributed by atoms with van der Waals surface area (Å²) in [4.78, 5) is 15.6. The van der Waals surface area contributed by atoms with Gasteiger partial charge >= 0.3 is 0 Å². The first kappa shape index (κ1) is 11.4. The molecule has 1 aromatic heterocycles. The normalized spacial score (nSPS) is 17.5. The van der Waals surface area contributed by atoms with Gasteiger partial charge in [-0.15, -0.1) is 0 Å². The lowest BCUT2D eigenvalue weighted by molar-refractivity contribution is -0.108. The topological polar surface area (TPSA) is 30.0 Å². The maximum absolute atomic E-state index is 11.5. The summed E-state index contributed by atoms with van der Waals surface area (Å²) in [5.74, 6) is -0.292. The number of hydrogen-bond acceptors (Lipinski definition) is 2. The molecule has 0 bridgehead atoms. The molecule has 1 aliphatic carbocycles. The lowest BCUT2D eigenvalue weighted by Crippen LogP contribution is -2.06. The maximum atomic E-state index is 11.5. The molecule has 1 heterocycles. The van der Waals surface area contributed by atoms with Crippen molar-refractivity contribution in [2.45, 2.75) is 18.8 Å². The summed E-state index contributed by atoms with van der Waals surface area (Å²) < 4.78 is 0. The van der Waals surface area contributed by atoms with Crippen LogP contribution in [0.5, 0.6) is 0 Å². The largest absolute Gasteiger partial charge is 0.302 e. The molecule has 1 unspecified atom stereocenters. The minimum absolute atomic E-state index is 0.292. The van der Waals surface area contributed by atoms with Gasteiger partial charge in [0, 0.05) is 17.4 Å². The Labute approximate surface area is 111 Å². The number of carbonyl (C=O) groups excluding carboxylic acids is 1. The zero-order chi connectivity index (χ0) is 12.5. The third-order valence-corrected chi connectivity index (χ3v) is 3.86. The molecule has 2 nitrogen and oxygen atoms in total. The van der Waals surface area contributed by atoms with E-state index in [9.17, 15) is 4.79 Å². The van der Waals surface area contributed by atoms with Gasteiger partial charge in [-0.25, -0.2) is 0 Å². The minimum atomic E-state index is -0.292. The quantitative estimate of drug-likeness (QED) is 0.735. The van der Waals surface area contributed by atoms with Crippen molar-refractivity contribution in [3.05, 3.63) is 63.9 Å². The van der Waals surface area contributed by atoms with Crippen LogP contribution < -0.4 is 0 Å². The number of aldehydes is 1. The lowest BCUT2D eigenvalue weighted by Gasteiger charge is -2.15. The van der Waals surface area contributed by atoms with Crippen LogP contribution in [0.2, 0.25) is 5.02 Å². The van der Waals surface area contributed by atoms with Crippen LogP contribution in [0.3, 0.4) is 0 Å². The van der Waals surface area contributed by atoms with E-state index in [1.54, 1.807) is 12.4 Å². The molecule has 3 rings (SSSR count). The number of fused-ring (bicyclic) bond motifs is 2. The van der Waals surface area contributed by atoms with Gasteiger partial charge in [-0.3, -0.25) is 4.98 Å². The van der Waals surface area contributed by atoms with Gasteiger partial charge in [-0.1, -0.05) is 23.7 Å². The fourth-order valence-corrected chi connectivity index (χ4v) is 2.97. The summed E-state index contributed by atoms with van der Waals surface area (Å²) >= 11 is 6.28. The van der Waals surface area contributed by atoms with E-state index < -0.39 is 0 Å². The summed E-state index contributed by atoms with van der Waals surface area (Å²) in [6, 6.07) is 7.83. The Morgan fingerprint density at radius 2 is 2.06 bits per heavy atom. The van der Waals surface area contributed by atoms with E-state index >= 15 is 0 Å². The van der Waals surface area contributed by atoms with E-state index in [0.717, 1.165) is 35.8 Å². The number of benzene rings is 1. The van der Waals surface area contributed by atoms with E-state index in [0.29, 0.717) is 5.02 Å². The summed E-state index contributed by atoms with van der Waals surface area (Å²) in [6.07, 6.45) is 6.37. The summed E-state index contributed by atoms with van der Waals surface area (Å²) in [6.45, 7) is 0. The highest BCUT2D eigenvalue weighted by Gasteiger charge is 2.25. The van der Waals surface area contributed by atoms with Crippen molar-refractivity contribution >= 4 is 17.9 Å². The van der Waals surface area contributed by atoms with Crippen molar-refractivity contribution in [2.75, 3.05) is 0 Å². The fourth-order valence-electron chi connectivity index (χ4n) is 2.66. The van der Waals surface area contributed by atoms with Crippen molar-refractivity contribution in [1.29, 1.82) is 0 Å². The van der Waals surface area contributed by atoms with Gasteiger partial charge in [0.2, 0.25) is 0 Å². The van der Waals surface area contributed by atoms with E-state index in [1.165, 1.54) is 5.56 Å². The molecule has 90 valence electrons. The third kappa shape index (κ3) is 1.73. The van der Waals surface area contributed by atoms with Gasteiger partial charge in [0.1, 0.15) is 6.29 Å². The van der Waals surface area contributed by atoms with Crippen molar-refractivity contribution in [3.8, 4) is 0 Å². The molecule has 0 aliphatic heterocycles. The van der Waals surface area contributed by atoms with Crippen LogP contribution in [0.1, 0.15) is 28.2 Å². The van der Waals surface area contributed by atoms with Crippen molar-refractivity contribution < 1.29 is 4.79 Å². The number of halogens is 1. The molecular formula is C15H12ClNO. The molecule has 2 aromatic rings. The van der Waals surface area contributed by atoms with Gasteiger partial charge in [0.25, 0.3) is 0 Å². The average Bonchev–Trinajstić information content (AvgIpc) is 2.56. The van der Waals surface area contributed by atoms with Crippen LogP contribution in [-0.2, 0) is 17.6 Å². The zero-order valence-electron chi connectivity index (χ0n) is 9.77. The van der Waals surface area contributed by atoms with Gasteiger partial charge in [0.15, 0.2) is 0 Å². The Balaban J connectivity index is 2.26. The summed E-state index contributed by atoms with van der Waals surface area (Å²) in [5.41, 5.74) is 4.28. The summed E-state index contributed by atoms with van der Waals surface area (Å²) in [5, 5.41) is 0.668. The van der Waals surface area contributed by atoms with Crippen LogP contribution in [0, 0.1) is 0 Å². The molecule has 3 heteroatoms. The number of hydrogen-bond donors (Lipinski definition) is 0. The van der Waals surface area contributed by atoms with Crippen molar-refractivity contribution in [2.24, 2.45) is 0 Å². The van der Waals surface area contributed by atoms with E-state index in [2.05, 4.69) is 11.1 Å². The highest BCUT2D eigenvalue weighted by molar-refractivity contribution is 6.31. The van der Waals surface area contributed by atoms with Crippen molar-refractivity contribution in [3.63, 3.8) is 0 Å². The second-order valence-electron chi connectivity index (χ2n) is 4.50. The molecule has 0 radical (unpaired) electrons. The highest BCUT2D eigenvalue weighted by Crippen LogP contribution is 2.36. The first-order chi connectivity index (χ1) is 8.81. The highest BCUT2D eigenvalue weighted by atomic mass is 35.5. The first-order valence-electron chi connectivity index (χ1n) is 5.96. The van der Waals surface area contributed by atoms with Crippen LogP contribution in [0.25, 0.3) is 0 Å². The molecule has 0 saturated heterocycles. The molecule has 0 N–H and O–H groups in total. The SMILES string of the molecule is O=CC1c2cnccc2CCc2cccc(Cl)c21. The Hall–Kier alpha value is -1.67. The number of nitrogens with zero attached hydrogens (tertiary/aromatic N) is 1. The molecule has 1 aromatic carbocycles. The molecule has 18 heavy (non-hydrogen) atoms. The third-order valence-electron chi connectivity index (χ3n) is 3.54. The minimum Gasteiger partial charge on any atom is -0.302 e. The van der Waals surface area contributed by atoms with Crippen LogP contribution in [0.15, 0.2) is 36.7 Å². The number of pyridine rings is 1. The molecule has 1 aliphatic rings. The van der Waals surface area contributed by atoms with E-state index in [4.69, 9.17) is 11.6 Å². The lowest BCUT2D eigenvalue weighted by atomic mass is 9.90. The standard InChI is InChI=1S/C15H12ClNO/c16-14-3-1-2-11-5-4-10-6-7-17-8-12(10)13(9-18)15(11)14/h1-3,6-9,13H,4-5H2. The fraction of sp³-hybridized carbons (Fsp3) is 0.200. The predicted octanol–water partition coefficient (Wildman–Crippen LogP) is 3.16. The molecule has 1 atom stereocenters. The Morgan fingerprint density at radius 1 is 1.22 bits per heavy atom. The second kappa shape index (κ2) is 4.54. The second-order valence-corrected chi connectivity index (χ2v) is 4.91. The number of aryl methyl sites for hydroxylation is 2. The molecule has 0 spiro atoms. The molecular weight excluding hydrogens is 246 g/mol. The summed E-state index contributed by atoms with van der Waals surface area (Å²) in [7, 11) is 0.